The highest BCUT2D eigenvalue weighted by Gasteiger charge is 2.36. The molecule has 8 heteroatoms. The Hall–Kier alpha value is -1.79. The summed E-state index contributed by atoms with van der Waals surface area (Å²) in [6, 6.07) is 2.93. The van der Waals surface area contributed by atoms with E-state index < -0.39 is 29.9 Å². The largest absolute Gasteiger partial charge is 0.480 e. The smallest absolute Gasteiger partial charge is 0.326 e. The van der Waals surface area contributed by atoms with Crippen LogP contribution in [0.4, 0.5) is 0 Å². The Morgan fingerprint density at radius 1 is 1.35 bits per heavy atom. The predicted octanol–water partition coefficient (Wildman–Crippen LogP) is 2.19. The number of nitrogens with zero attached hydrogens (tertiary/aromatic N) is 1. The summed E-state index contributed by atoms with van der Waals surface area (Å²) in [4.78, 5) is 37.0. The maximum absolute atomic E-state index is 12.4. The summed E-state index contributed by atoms with van der Waals surface area (Å²) in [5, 5.41) is 12.0. The third-order valence-electron chi connectivity index (χ3n) is 3.74. The zero-order valence-corrected chi connectivity index (χ0v) is 13.9. The number of hydrogen-bond donors (Lipinski definition) is 2. The lowest BCUT2D eigenvalue weighted by molar-refractivity contribution is -0.148. The number of nitrogens with one attached hydrogen (secondary N) is 1. The van der Waals surface area contributed by atoms with Crippen molar-refractivity contribution in [2.24, 2.45) is 0 Å². The number of carboxylic acid groups (broad SMARTS) is 1. The Balaban J connectivity index is 2.07. The van der Waals surface area contributed by atoms with Gasteiger partial charge in [0.05, 0.1) is 15.6 Å². The molecule has 23 heavy (non-hydrogen) atoms. The van der Waals surface area contributed by atoms with Crippen LogP contribution in [0.25, 0.3) is 0 Å². The minimum absolute atomic E-state index is 0.107. The number of aliphatic carboxylic acids is 1. The molecule has 0 aliphatic carbocycles. The van der Waals surface area contributed by atoms with Gasteiger partial charge in [0.1, 0.15) is 12.1 Å². The van der Waals surface area contributed by atoms with Gasteiger partial charge in [-0.15, -0.1) is 0 Å². The fourth-order valence-electron chi connectivity index (χ4n) is 2.55. The summed E-state index contributed by atoms with van der Waals surface area (Å²) in [6.07, 6.45) is 1.05. The maximum atomic E-state index is 12.4. The number of benzene rings is 1. The average molecular weight is 359 g/mol. The quantitative estimate of drug-likeness (QED) is 0.863. The van der Waals surface area contributed by atoms with Crippen molar-refractivity contribution in [2.75, 3.05) is 6.54 Å². The lowest BCUT2D eigenvalue weighted by Gasteiger charge is -2.25. The van der Waals surface area contributed by atoms with Crippen LogP contribution in [0.1, 0.15) is 30.1 Å². The Labute approximate surface area is 143 Å². The molecule has 1 aromatic rings. The van der Waals surface area contributed by atoms with Crippen molar-refractivity contribution in [1.82, 2.24) is 10.2 Å². The molecule has 2 unspecified atom stereocenters. The van der Waals surface area contributed by atoms with Gasteiger partial charge in [-0.1, -0.05) is 29.3 Å². The molecule has 0 radical (unpaired) electrons. The number of carbonyl (C=O) groups is 3. The molecular weight excluding hydrogens is 343 g/mol. The fraction of sp³-hybridized carbons (Fsp3) is 0.400. The molecule has 0 spiro atoms. The van der Waals surface area contributed by atoms with Crippen molar-refractivity contribution < 1.29 is 19.5 Å². The van der Waals surface area contributed by atoms with Crippen LogP contribution in [0.3, 0.4) is 0 Å². The second kappa shape index (κ2) is 7.19. The van der Waals surface area contributed by atoms with Crippen molar-refractivity contribution in [2.45, 2.75) is 31.8 Å². The second-order valence-electron chi connectivity index (χ2n) is 5.32. The van der Waals surface area contributed by atoms with Gasteiger partial charge in [0.15, 0.2) is 0 Å². The van der Waals surface area contributed by atoms with Gasteiger partial charge in [-0.2, -0.15) is 0 Å². The van der Waals surface area contributed by atoms with Crippen LogP contribution in [0.15, 0.2) is 18.2 Å². The second-order valence-corrected chi connectivity index (χ2v) is 6.11. The van der Waals surface area contributed by atoms with Crippen LogP contribution < -0.4 is 5.32 Å². The summed E-state index contributed by atoms with van der Waals surface area (Å²) in [5.41, 5.74) is 0.162. The van der Waals surface area contributed by atoms with Crippen LogP contribution in [0.5, 0.6) is 0 Å². The molecule has 0 saturated carbocycles. The molecule has 2 atom stereocenters. The predicted molar refractivity (Wildman–Crippen MR) is 85.8 cm³/mol. The van der Waals surface area contributed by atoms with E-state index >= 15 is 0 Å². The Morgan fingerprint density at radius 2 is 2.04 bits per heavy atom. The SMILES string of the molecule is CC(NC(=O)c1cccc(Cl)c1Cl)C(=O)N1CCCC1C(=O)O. The summed E-state index contributed by atoms with van der Waals surface area (Å²) < 4.78 is 0. The molecule has 2 amide bonds. The van der Waals surface area contributed by atoms with Gasteiger partial charge < -0.3 is 15.3 Å². The molecule has 124 valence electrons. The fourth-order valence-corrected chi connectivity index (χ4v) is 2.94. The maximum Gasteiger partial charge on any atom is 0.326 e. The van der Waals surface area contributed by atoms with Gasteiger partial charge in [0.25, 0.3) is 5.91 Å². The first-order chi connectivity index (χ1) is 10.8. The lowest BCUT2D eigenvalue weighted by Crippen LogP contribution is -2.50. The first-order valence-electron chi connectivity index (χ1n) is 7.11. The van der Waals surface area contributed by atoms with Gasteiger partial charge >= 0.3 is 5.97 Å². The molecule has 2 N–H and O–H groups in total. The molecule has 1 aliphatic heterocycles. The normalized spacial score (nSPS) is 18.6. The standard InChI is InChI=1S/C15H16Cl2N2O4/c1-8(14(21)19-7-3-6-11(19)15(22)23)18-13(20)9-4-2-5-10(16)12(9)17/h2,4-5,8,11H,3,6-7H2,1H3,(H,18,20)(H,22,23). The third-order valence-corrected chi connectivity index (χ3v) is 4.55. The first kappa shape index (κ1) is 17.6. The van der Waals surface area contributed by atoms with E-state index in [1.807, 2.05) is 0 Å². The van der Waals surface area contributed by atoms with E-state index in [-0.39, 0.29) is 15.6 Å². The molecule has 6 nitrogen and oxygen atoms in total. The molecule has 0 aromatic heterocycles. The zero-order valence-electron chi connectivity index (χ0n) is 12.4. The minimum atomic E-state index is -1.03. The van der Waals surface area contributed by atoms with Gasteiger partial charge in [-0.25, -0.2) is 4.79 Å². The number of halogens is 2. The van der Waals surface area contributed by atoms with Crippen LogP contribution in [0.2, 0.25) is 10.0 Å². The molecule has 1 heterocycles. The number of carbonyl (C=O) groups excluding carboxylic acids is 2. The minimum Gasteiger partial charge on any atom is -0.480 e. The van der Waals surface area contributed by atoms with E-state index in [2.05, 4.69) is 5.32 Å². The monoisotopic (exact) mass is 358 g/mol. The van der Waals surface area contributed by atoms with E-state index in [4.69, 9.17) is 28.3 Å². The molecule has 1 aromatic carbocycles. The van der Waals surface area contributed by atoms with E-state index in [9.17, 15) is 14.4 Å². The topological polar surface area (TPSA) is 86.7 Å². The number of rotatable bonds is 4. The van der Waals surface area contributed by atoms with Gasteiger partial charge in [-0.3, -0.25) is 9.59 Å². The van der Waals surface area contributed by atoms with E-state index in [1.165, 1.54) is 17.9 Å². The van der Waals surface area contributed by atoms with Crippen LogP contribution in [-0.2, 0) is 9.59 Å². The average Bonchev–Trinajstić information content (AvgIpc) is 2.98. The Morgan fingerprint density at radius 3 is 2.70 bits per heavy atom. The van der Waals surface area contributed by atoms with E-state index in [0.29, 0.717) is 19.4 Å². The van der Waals surface area contributed by atoms with Crippen molar-refractivity contribution in [3.8, 4) is 0 Å². The number of likely N-dealkylation sites (tertiary alicyclic amines) is 1. The van der Waals surface area contributed by atoms with Crippen LogP contribution >= 0.6 is 23.2 Å². The summed E-state index contributed by atoms with van der Waals surface area (Å²) in [6.45, 7) is 1.88. The van der Waals surface area contributed by atoms with E-state index in [1.54, 1.807) is 12.1 Å². The summed E-state index contributed by atoms with van der Waals surface area (Å²) in [5.74, 6) is -2.00. The number of hydrogen-bond acceptors (Lipinski definition) is 3. The molecular formula is C15H16Cl2N2O4. The summed E-state index contributed by atoms with van der Waals surface area (Å²) in [7, 11) is 0. The van der Waals surface area contributed by atoms with Gasteiger partial charge in [0, 0.05) is 6.54 Å². The third kappa shape index (κ3) is 3.76. The highest BCUT2D eigenvalue weighted by Crippen LogP contribution is 2.25. The van der Waals surface area contributed by atoms with Crippen molar-refractivity contribution in [1.29, 1.82) is 0 Å². The van der Waals surface area contributed by atoms with Crippen molar-refractivity contribution >= 4 is 41.0 Å². The highest BCUT2D eigenvalue weighted by molar-refractivity contribution is 6.43. The van der Waals surface area contributed by atoms with Crippen molar-refractivity contribution in [3.05, 3.63) is 33.8 Å². The van der Waals surface area contributed by atoms with Crippen LogP contribution in [-0.4, -0.2) is 46.4 Å². The van der Waals surface area contributed by atoms with Crippen LogP contribution in [0, 0.1) is 0 Å². The molecule has 2 rings (SSSR count). The molecule has 1 saturated heterocycles. The Kier molecular flexibility index (Phi) is 5.49. The molecule has 1 fully saturated rings. The van der Waals surface area contributed by atoms with E-state index in [0.717, 1.165) is 0 Å². The van der Waals surface area contributed by atoms with Gasteiger partial charge in [-0.05, 0) is 31.9 Å². The number of amides is 2. The van der Waals surface area contributed by atoms with Crippen molar-refractivity contribution in [3.63, 3.8) is 0 Å². The lowest BCUT2D eigenvalue weighted by atomic mass is 10.1. The first-order valence-corrected chi connectivity index (χ1v) is 7.86. The Bertz CT molecular complexity index is 650. The summed E-state index contributed by atoms with van der Waals surface area (Å²) >= 11 is 11.8. The molecule has 1 aliphatic rings. The number of carboxylic acids is 1. The van der Waals surface area contributed by atoms with Gasteiger partial charge in [0.2, 0.25) is 5.91 Å². The highest BCUT2D eigenvalue weighted by atomic mass is 35.5. The molecule has 0 bridgehead atoms. The zero-order chi connectivity index (χ0) is 17.1.